The monoisotopic (exact) mass is 893 g/mol. The molecule has 64 heavy (non-hydrogen) atoms. The van der Waals surface area contributed by atoms with Gasteiger partial charge < -0.3 is 42.6 Å². The molecule has 2 aliphatic rings. The van der Waals surface area contributed by atoms with E-state index in [4.69, 9.17) is 38.7 Å². The molecule has 0 aliphatic carbocycles. The Kier molecular flexibility index (Phi) is 15.2. The average Bonchev–Trinajstić information content (AvgIpc) is 3.28. The first-order chi connectivity index (χ1) is 30.7. The molecule has 4 bridgehead atoms. The lowest BCUT2D eigenvalue weighted by molar-refractivity contribution is -0.141. The molecule has 0 aromatic heterocycles. The third kappa shape index (κ3) is 11.2. The average molecular weight is 894 g/mol. The summed E-state index contributed by atoms with van der Waals surface area (Å²) in [5, 5.41) is 12.7. The Bertz CT molecular complexity index is 2410. The van der Waals surface area contributed by atoms with Crippen LogP contribution in [0.5, 0.6) is 11.5 Å². The number of nitrogens with two attached hydrogens (primary N) is 3. The summed E-state index contributed by atoms with van der Waals surface area (Å²) in [5.41, 5.74) is 15.3. The molecule has 0 saturated carbocycles. The molecular weight excluding hydrogens is 842 g/mol. The molecule has 10 N–H and O–H groups in total. The van der Waals surface area contributed by atoms with Crippen LogP contribution < -0.4 is 48.4 Å². The molecule has 18 heteroatoms. The fourth-order valence-corrected chi connectivity index (χ4v) is 7.55. The zero-order chi connectivity index (χ0) is 46.1. The van der Waals surface area contributed by atoms with Crippen LogP contribution in [0.15, 0.2) is 97.3 Å². The van der Waals surface area contributed by atoms with Gasteiger partial charge in [0.05, 0.1) is 12.6 Å². The molecule has 4 aromatic carbocycles. The van der Waals surface area contributed by atoms with Crippen molar-refractivity contribution in [3.05, 3.63) is 119 Å². The van der Waals surface area contributed by atoms with Crippen LogP contribution >= 0.6 is 11.6 Å². The lowest BCUT2D eigenvalue weighted by atomic mass is 9.93. The van der Waals surface area contributed by atoms with E-state index in [0.29, 0.717) is 63.7 Å². The van der Waals surface area contributed by atoms with Crippen molar-refractivity contribution in [1.82, 2.24) is 31.2 Å². The van der Waals surface area contributed by atoms with Gasteiger partial charge in [0, 0.05) is 47.6 Å². The van der Waals surface area contributed by atoms with Gasteiger partial charge in [-0.25, -0.2) is 5.84 Å². The van der Waals surface area contributed by atoms with Gasteiger partial charge in [-0.05, 0) is 110 Å². The zero-order valence-corrected chi connectivity index (χ0v) is 36.4. The Labute approximate surface area is 375 Å². The summed E-state index contributed by atoms with van der Waals surface area (Å²) in [5.74, 6) is 2.85. The fraction of sp³-hybridized carbons (Fsp3) is 0.304. The number of ketones is 1. The van der Waals surface area contributed by atoms with E-state index in [2.05, 4.69) is 21.3 Å². The first kappa shape index (κ1) is 46.6. The number of hydrazine groups is 1. The maximum absolute atomic E-state index is 14.6. The number of carbonyl (C=O) groups excluding carboxylic acids is 6. The molecule has 0 radical (unpaired) electrons. The molecule has 2 heterocycles. The minimum Gasteiger partial charge on any atom is -0.403 e. The van der Waals surface area contributed by atoms with Gasteiger partial charge in [-0.1, -0.05) is 48.0 Å². The van der Waals surface area contributed by atoms with E-state index in [0.717, 1.165) is 16.1 Å². The Morgan fingerprint density at radius 1 is 0.875 bits per heavy atom. The van der Waals surface area contributed by atoms with Crippen molar-refractivity contribution in [2.75, 3.05) is 20.1 Å². The van der Waals surface area contributed by atoms with E-state index in [1.807, 2.05) is 12.1 Å². The number of Topliss-reactive ketones (excluding diaryl/α,β-unsaturated/α-hetero) is 1. The van der Waals surface area contributed by atoms with E-state index in [-0.39, 0.29) is 19.4 Å². The van der Waals surface area contributed by atoms with E-state index in [1.54, 1.807) is 72.8 Å². The first-order valence-electron chi connectivity index (χ1n) is 20.8. The zero-order valence-electron chi connectivity index (χ0n) is 35.6. The summed E-state index contributed by atoms with van der Waals surface area (Å²) in [6, 6.07) is 18.5. The van der Waals surface area contributed by atoms with Crippen molar-refractivity contribution in [2.24, 2.45) is 17.3 Å². The molecule has 6 rings (SSSR count). The molecule has 4 aromatic rings. The highest BCUT2D eigenvalue weighted by Crippen LogP contribution is 2.43. The van der Waals surface area contributed by atoms with Crippen LogP contribution in [0.25, 0.3) is 22.3 Å². The lowest BCUT2D eigenvalue weighted by Crippen LogP contribution is -2.57. The Hall–Kier alpha value is -6.95. The smallest absolute Gasteiger partial charge is 0.251 e. The van der Waals surface area contributed by atoms with Crippen molar-refractivity contribution in [3.63, 3.8) is 0 Å². The van der Waals surface area contributed by atoms with Gasteiger partial charge >= 0.3 is 0 Å². The number of hydrogen-bond donors (Lipinski definition) is 7. The van der Waals surface area contributed by atoms with Crippen LogP contribution in [0.3, 0.4) is 0 Å². The second-order valence-electron chi connectivity index (χ2n) is 15.7. The summed E-state index contributed by atoms with van der Waals surface area (Å²) >= 11 is 6.06. The third-order valence-corrected chi connectivity index (χ3v) is 11.3. The highest BCUT2D eigenvalue weighted by Gasteiger charge is 2.37. The molecule has 5 amide bonds. The number of nitrogens with zero attached hydrogens (tertiary/aromatic N) is 2. The predicted octanol–water partition coefficient (Wildman–Crippen LogP) is 3.01. The predicted molar refractivity (Wildman–Crippen MR) is 240 cm³/mol. The number of benzene rings is 4. The Balaban J connectivity index is 1.30. The minimum atomic E-state index is -1.33. The van der Waals surface area contributed by atoms with Gasteiger partial charge in [0.2, 0.25) is 23.6 Å². The molecule has 5 atom stereocenters. The molecule has 336 valence electrons. The second kappa shape index (κ2) is 20.9. The van der Waals surface area contributed by atoms with Crippen LogP contribution in [0.1, 0.15) is 60.6 Å². The lowest BCUT2D eigenvalue weighted by Gasteiger charge is -2.33. The SMILES string of the molecule is C[C@H](NC(=O)[C@@H]1Cc2ccc3c(c2)-c2cc(ccc2OO3)[C@H](N(C)C(=O)[C@H](CCCCN)NC(=O)c2ccc(-c3ccc(Cl)cc3)cc2)C(=O)N[C@@H](C)C(=O)N1)C(=O)CN(N)/C=C\N. The number of carbonyl (C=O) groups is 6. The quantitative estimate of drug-likeness (QED) is 0.0394. The number of unbranched alkanes of at least 4 members (excludes halogenated alkanes) is 1. The van der Waals surface area contributed by atoms with Crippen molar-refractivity contribution >= 4 is 46.9 Å². The molecule has 17 nitrogen and oxygen atoms in total. The van der Waals surface area contributed by atoms with Crippen LogP contribution in [0.2, 0.25) is 5.02 Å². The first-order valence-corrected chi connectivity index (χ1v) is 21.1. The summed E-state index contributed by atoms with van der Waals surface area (Å²) in [6.45, 7) is 3.05. The van der Waals surface area contributed by atoms with Gasteiger partial charge in [0.1, 0.15) is 24.2 Å². The van der Waals surface area contributed by atoms with E-state index >= 15 is 0 Å². The number of nitrogens with one attached hydrogen (secondary N) is 4. The van der Waals surface area contributed by atoms with Gasteiger partial charge in [-0.2, -0.15) is 0 Å². The fourth-order valence-electron chi connectivity index (χ4n) is 7.42. The summed E-state index contributed by atoms with van der Waals surface area (Å²) in [7, 11) is 1.45. The number of rotatable bonds is 15. The molecular formula is C46H52ClN9O8. The van der Waals surface area contributed by atoms with Crippen molar-refractivity contribution in [1.29, 1.82) is 0 Å². The van der Waals surface area contributed by atoms with Crippen molar-refractivity contribution in [2.45, 2.75) is 69.7 Å². The standard InChI is InChI=1S/C46H52ClN9O8/c1-26(38(57)25-56(50)21-20-49)51-44(60)37-23-28-7-17-39-34(22-28)35-24-32(14-18-40(35)64-63-39)41(45(61)52-27(2)42(58)54-37)55(3)46(62)36(6-4-5-19-48)53-43(59)31-10-8-29(9-11-31)30-12-15-33(47)16-13-30/h7-18,20-22,24,26-27,36-37,41H,4-6,19,23,25,48-50H2,1-3H3,(H,51,60)(H,52,61)(H,53,59)(H,54,58)/b21-20-/t26-,27-,36-,37-,41-/m0/s1. The van der Waals surface area contributed by atoms with Gasteiger partial charge in [0.15, 0.2) is 17.3 Å². The molecule has 0 spiro atoms. The third-order valence-electron chi connectivity index (χ3n) is 11.0. The molecule has 0 unspecified atom stereocenters. The number of amides is 5. The molecule has 0 saturated heterocycles. The number of fused-ring (bicyclic) bond motifs is 2. The summed E-state index contributed by atoms with van der Waals surface area (Å²) in [4.78, 5) is 95.8. The molecule has 0 fully saturated rings. The summed E-state index contributed by atoms with van der Waals surface area (Å²) in [6.07, 6.45) is 3.76. The highest BCUT2D eigenvalue weighted by atomic mass is 35.5. The van der Waals surface area contributed by atoms with Crippen molar-refractivity contribution < 1.29 is 38.5 Å². The second-order valence-corrected chi connectivity index (χ2v) is 16.1. The highest BCUT2D eigenvalue weighted by molar-refractivity contribution is 6.30. The minimum absolute atomic E-state index is 0.00907. The van der Waals surface area contributed by atoms with E-state index in [1.165, 1.54) is 38.2 Å². The summed E-state index contributed by atoms with van der Waals surface area (Å²) < 4.78 is 0. The van der Waals surface area contributed by atoms with Gasteiger partial charge in [-0.15, -0.1) is 0 Å². The maximum atomic E-state index is 14.6. The molecule has 2 aliphatic heterocycles. The van der Waals surface area contributed by atoms with E-state index in [9.17, 15) is 28.8 Å². The number of likely N-dealkylation sites (N-methyl/N-ethyl adjacent to an activating group) is 1. The van der Waals surface area contributed by atoms with Crippen LogP contribution in [0.4, 0.5) is 0 Å². The maximum Gasteiger partial charge on any atom is 0.251 e. The van der Waals surface area contributed by atoms with Crippen molar-refractivity contribution in [3.8, 4) is 33.8 Å². The van der Waals surface area contributed by atoms with Gasteiger partial charge in [0.25, 0.3) is 5.91 Å². The topological polar surface area (TPSA) is 254 Å². The van der Waals surface area contributed by atoms with Crippen LogP contribution in [-0.2, 0) is 30.4 Å². The van der Waals surface area contributed by atoms with Crippen LogP contribution in [-0.4, -0.2) is 89.5 Å². The van der Waals surface area contributed by atoms with Crippen LogP contribution in [0, 0.1) is 0 Å². The number of halogens is 1. The van der Waals surface area contributed by atoms with Gasteiger partial charge in [-0.3, -0.25) is 38.5 Å². The largest absolute Gasteiger partial charge is 0.403 e. The van der Waals surface area contributed by atoms with E-state index < -0.39 is 65.5 Å². The Morgan fingerprint density at radius 3 is 2.17 bits per heavy atom. The Morgan fingerprint density at radius 2 is 1.52 bits per heavy atom. The number of hydrogen-bond acceptors (Lipinski definition) is 12. The normalized spacial score (nSPS) is 17.7.